The van der Waals surface area contributed by atoms with Crippen molar-refractivity contribution in [2.24, 2.45) is 5.92 Å². The number of morpholine rings is 1. The van der Waals surface area contributed by atoms with Gasteiger partial charge in [0, 0.05) is 13.0 Å². The Morgan fingerprint density at radius 2 is 1.97 bits per heavy atom. The Kier molecular flexibility index (Phi) is 8.62. The highest BCUT2D eigenvalue weighted by molar-refractivity contribution is 5.87. The van der Waals surface area contributed by atoms with E-state index in [0.717, 1.165) is 5.56 Å². The third-order valence-electron chi connectivity index (χ3n) is 5.59. The topological polar surface area (TPSA) is 114 Å². The van der Waals surface area contributed by atoms with Crippen LogP contribution in [-0.4, -0.2) is 78.3 Å². The molecule has 3 atom stereocenters. The lowest BCUT2D eigenvalue weighted by Crippen LogP contribution is -2.57. The molecular formula is C24H33N3O7. The van der Waals surface area contributed by atoms with Gasteiger partial charge >= 0.3 is 12.1 Å². The molecular weight excluding hydrogens is 442 g/mol. The van der Waals surface area contributed by atoms with Crippen molar-refractivity contribution >= 4 is 24.3 Å². The minimum absolute atomic E-state index is 0.0350. The predicted molar refractivity (Wildman–Crippen MR) is 121 cm³/mol. The van der Waals surface area contributed by atoms with Gasteiger partial charge in [0.05, 0.1) is 25.7 Å². The SMILES string of the molecule is CC(C)(C)OC(=O)N[C@H]1CCN([C@@H]2COCCN2OC(=O)C(CC=O)Cc2ccccc2)C1=O. The van der Waals surface area contributed by atoms with E-state index in [4.69, 9.17) is 14.3 Å². The van der Waals surface area contributed by atoms with E-state index >= 15 is 0 Å². The second-order valence-electron chi connectivity index (χ2n) is 9.41. The average Bonchev–Trinajstić information content (AvgIpc) is 3.13. The summed E-state index contributed by atoms with van der Waals surface area (Å²) in [5.41, 5.74) is 0.251. The maximum atomic E-state index is 13.0. The van der Waals surface area contributed by atoms with Crippen LogP contribution < -0.4 is 5.32 Å². The summed E-state index contributed by atoms with van der Waals surface area (Å²) in [6.07, 6.45) is 0.240. The van der Waals surface area contributed by atoms with Gasteiger partial charge in [0.15, 0.2) is 0 Å². The van der Waals surface area contributed by atoms with Gasteiger partial charge in [-0.15, -0.1) is 5.06 Å². The highest BCUT2D eigenvalue weighted by Gasteiger charge is 2.42. The van der Waals surface area contributed by atoms with Crippen LogP contribution in [0.15, 0.2) is 30.3 Å². The van der Waals surface area contributed by atoms with E-state index < -0.39 is 35.8 Å². The molecule has 0 spiro atoms. The Balaban J connectivity index is 1.63. The highest BCUT2D eigenvalue weighted by atomic mass is 16.7. The molecule has 34 heavy (non-hydrogen) atoms. The summed E-state index contributed by atoms with van der Waals surface area (Å²) in [7, 11) is 0. The lowest BCUT2D eigenvalue weighted by Gasteiger charge is -2.39. The van der Waals surface area contributed by atoms with E-state index in [9.17, 15) is 19.2 Å². The first kappa shape index (κ1) is 25.6. The lowest BCUT2D eigenvalue weighted by molar-refractivity contribution is -0.248. The summed E-state index contributed by atoms with van der Waals surface area (Å²) < 4.78 is 10.8. The van der Waals surface area contributed by atoms with E-state index in [1.165, 1.54) is 5.06 Å². The van der Waals surface area contributed by atoms with Gasteiger partial charge in [-0.3, -0.25) is 9.59 Å². The first-order chi connectivity index (χ1) is 16.2. The van der Waals surface area contributed by atoms with Gasteiger partial charge in [-0.1, -0.05) is 30.3 Å². The molecule has 1 aromatic rings. The molecule has 1 aromatic carbocycles. The van der Waals surface area contributed by atoms with Gasteiger partial charge in [-0.05, 0) is 39.2 Å². The quantitative estimate of drug-likeness (QED) is 0.565. The molecule has 0 radical (unpaired) electrons. The van der Waals surface area contributed by atoms with Gasteiger partial charge < -0.3 is 29.3 Å². The molecule has 2 saturated heterocycles. The Morgan fingerprint density at radius 3 is 2.65 bits per heavy atom. The first-order valence-electron chi connectivity index (χ1n) is 11.5. The zero-order valence-electron chi connectivity index (χ0n) is 19.9. The number of benzene rings is 1. The number of alkyl carbamates (subject to hydrolysis) is 1. The molecule has 2 aliphatic heterocycles. The third kappa shape index (κ3) is 7.01. The summed E-state index contributed by atoms with van der Waals surface area (Å²) in [6, 6.07) is 8.68. The summed E-state index contributed by atoms with van der Waals surface area (Å²) in [5, 5.41) is 4.06. The lowest BCUT2D eigenvalue weighted by atomic mass is 9.97. The van der Waals surface area contributed by atoms with Crippen molar-refractivity contribution in [1.82, 2.24) is 15.3 Å². The Morgan fingerprint density at radius 1 is 1.24 bits per heavy atom. The Hall–Kier alpha value is -2.98. The third-order valence-corrected chi connectivity index (χ3v) is 5.59. The van der Waals surface area contributed by atoms with Crippen LogP contribution >= 0.6 is 0 Å². The molecule has 0 aromatic heterocycles. The zero-order chi connectivity index (χ0) is 24.7. The van der Waals surface area contributed by atoms with Gasteiger partial charge in [0.1, 0.15) is 24.1 Å². The second-order valence-corrected chi connectivity index (χ2v) is 9.41. The van der Waals surface area contributed by atoms with Crippen LogP contribution in [0.3, 0.4) is 0 Å². The minimum Gasteiger partial charge on any atom is -0.444 e. The fourth-order valence-corrected chi connectivity index (χ4v) is 3.98. The standard InChI is InChI=1S/C24H33N3O7/c1-24(2,3)33-23(31)25-19-9-11-26(21(19)29)20-16-32-14-12-27(20)34-22(30)18(10-13-28)15-17-7-5-4-6-8-17/h4-8,13,18-20H,9-12,14-16H2,1-3H3,(H,25,31)/t18?,19-,20-/m0/s1. The van der Waals surface area contributed by atoms with E-state index in [1.54, 1.807) is 25.7 Å². The number of rotatable bonds is 8. The molecule has 1 N–H and O–H groups in total. The summed E-state index contributed by atoms with van der Waals surface area (Å²) in [4.78, 5) is 56.5. The second kappa shape index (κ2) is 11.4. The molecule has 10 nitrogen and oxygen atoms in total. The van der Waals surface area contributed by atoms with Gasteiger partial charge in [-0.25, -0.2) is 4.79 Å². The van der Waals surface area contributed by atoms with Crippen LogP contribution in [0.1, 0.15) is 39.2 Å². The fraction of sp³-hybridized carbons (Fsp3) is 0.583. The number of carbonyl (C=O) groups is 4. The van der Waals surface area contributed by atoms with Crippen LogP contribution in [0.5, 0.6) is 0 Å². The van der Waals surface area contributed by atoms with E-state index in [0.29, 0.717) is 32.3 Å². The van der Waals surface area contributed by atoms with Crippen molar-refractivity contribution in [3.63, 3.8) is 0 Å². The molecule has 0 saturated carbocycles. The molecule has 3 rings (SSSR count). The van der Waals surface area contributed by atoms with Crippen molar-refractivity contribution in [1.29, 1.82) is 0 Å². The first-order valence-corrected chi connectivity index (χ1v) is 11.5. The zero-order valence-corrected chi connectivity index (χ0v) is 19.9. The molecule has 2 aliphatic rings. The van der Waals surface area contributed by atoms with Crippen LogP contribution in [0.25, 0.3) is 0 Å². The molecule has 2 fully saturated rings. The van der Waals surface area contributed by atoms with Gasteiger partial charge in [-0.2, -0.15) is 0 Å². The Labute approximate surface area is 199 Å². The number of nitrogens with zero attached hydrogens (tertiary/aromatic N) is 2. The number of hydrogen-bond donors (Lipinski definition) is 1. The van der Waals surface area contributed by atoms with Crippen molar-refractivity contribution in [2.75, 3.05) is 26.3 Å². The van der Waals surface area contributed by atoms with Gasteiger partial charge in [0.2, 0.25) is 5.91 Å². The van der Waals surface area contributed by atoms with Crippen LogP contribution in [0.2, 0.25) is 0 Å². The number of nitrogens with one attached hydrogen (secondary N) is 1. The smallest absolute Gasteiger partial charge is 0.408 e. The maximum absolute atomic E-state index is 13.0. The molecule has 186 valence electrons. The van der Waals surface area contributed by atoms with Crippen molar-refractivity contribution in [3.05, 3.63) is 35.9 Å². The molecule has 2 heterocycles. The van der Waals surface area contributed by atoms with E-state index in [1.807, 2.05) is 30.3 Å². The van der Waals surface area contributed by atoms with Crippen molar-refractivity contribution in [3.8, 4) is 0 Å². The molecule has 0 bridgehead atoms. The Bertz CT molecular complexity index is 871. The summed E-state index contributed by atoms with van der Waals surface area (Å²) in [6.45, 7) is 6.38. The van der Waals surface area contributed by atoms with Crippen LogP contribution in [0, 0.1) is 5.92 Å². The summed E-state index contributed by atoms with van der Waals surface area (Å²) >= 11 is 0. The average molecular weight is 476 g/mol. The molecule has 10 heteroatoms. The number of aldehydes is 1. The monoisotopic (exact) mass is 475 g/mol. The predicted octanol–water partition coefficient (Wildman–Crippen LogP) is 1.68. The number of carbonyl (C=O) groups excluding carboxylic acids is 4. The fourth-order valence-electron chi connectivity index (χ4n) is 3.98. The normalized spacial score (nSPS) is 22.2. The van der Waals surface area contributed by atoms with Gasteiger partial charge in [0.25, 0.3) is 0 Å². The molecule has 2 amide bonds. The molecule has 0 aliphatic carbocycles. The van der Waals surface area contributed by atoms with E-state index in [-0.39, 0.29) is 25.5 Å². The number of ether oxygens (including phenoxy) is 2. The van der Waals surface area contributed by atoms with Crippen LogP contribution in [0.4, 0.5) is 4.79 Å². The van der Waals surface area contributed by atoms with Crippen LogP contribution in [-0.2, 0) is 35.1 Å². The largest absolute Gasteiger partial charge is 0.444 e. The highest BCUT2D eigenvalue weighted by Crippen LogP contribution is 2.22. The van der Waals surface area contributed by atoms with Crippen molar-refractivity contribution in [2.45, 2.75) is 57.8 Å². The molecule has 1 unspecified atom stereocenters. The number of hydroxylamine groups is 2. The van der Waals surface area contributed by atoms with Crippen molar-refractivity contribution < 1.29 is 33.5 Å². The number of likely N-dealkylation sites (tertiary alicyclic amines) is 1. The number of hydrogen-bond acceptors (Lipinski definition) is 8. The van der Waals surface area contributed by atoms with E-state index in [2.05, 4.69) is 5.32 Å². The minimum atomic E-state index is -0.727. The summed E-state index contributed by atoms with van der Waals surface area (Å²) in [5.74, 6) is -1.46. The maximum Gasteiger partial charge on any atom is 0.408 e. The number of amides is 2.